The predicted molar refractivity (Wildman–Crippen MR) is 38.9 cm³/mol. The maximum Gasteiger partial charge on any atom is 0.159 e. The lowest BCUT2D eigenvalue weighted by Gasteiger charge is -2.05. The smallest absolute Gasteiger partial charge is 0.159 e. The lowest BCUT2D eigenvalue weighted by Crippen LogP contribution is -1.96. The van der Waals surface area contributed by atoms with Gasteiger partial charge in [0.15, 0.2) is 5.44 Å². The first-order valence-electron chi connectivity index (χ1n) is 2.23. The van der Waals surface area contributed by atoms with Gasteiger partial charge >= 0.3 is 0 Å². The fraction of sp³-hybridized carbons (Fsp3) is 0.200. The molecule has 0 bridgehead atoms. The van der Waals surface area contributed by atoms with Crippen LogP contribution >= 0.6 is 12.6 Å². The lowest BCUT2D eigenvalue weighted by atomic mass is 10.4. The van der Waals surface area contributed by atoms with Gasteiger partial charge in [0.1, 0.15) is 0 Å². The van der Waals surface area contributed by atoms with Gasteiger partial charge in [-0.2, -0.15) is 0 Å². The molecular weight excluding hydrogens is 140 g/mol. The van der Waals surface area contributed by atoms with Crippen LogP contribution in [0.25, 0.3) is 0 Å². The van der Waals surface area contributed by atoms with Crippen LogP contribution in [0.2, 0.25) is 0 Å². The second kappa shape index (κ2) is 5.37. The largest absolute Gasteiger partial charge is 0.483 e. The molecule has 1 rings (SSSR count). The van der Waals surface area contributed by atoms with E-state index in [0.29, 0.717) is 0 Å². The molecule has 1 unspecified atom stereocenters. The van der Waals surface area contributed by atoms with Crippen LogP contribution in [-0.4, -0.2) is 5.44 Å². The number of ether oxygens (including phenoxy) is 1. The highest BCUT2D eigenvalue weighted by atomic mass is 32.1. The number of hydrogen-bond acceptors (Lipinski definition) is 4. The zero-order valence-corrected chi connectivity index (χ0v) is 5.45. The standard InChI is InChI=1S/C5H6OS.O2/c7-5-3-1-2-4-6-5;1-2/h1-5,7H;. The minimum absolute atomic E-state index is 0.0370. The van der Waals surface area contributed by atoms with Gasteiger partial charge in [0.2, 0.25) is 0 Å². The zero-order valence-electron chi connectivity index (χ0n) is 4.56. The molecule has 0 radical (unpaired) electrons. The molecule has 0 N–H and O–H groups in total. The van der Waals surface area contributed by atoms with E-state index in [4.69, 9.17) is 14.7 Å². The molecule has 1 atom stereocenters. The molecule has 4 heteroatoms. The Morgan fingerprint density at radius 1 is 1.33 bits per heavy atom. The van der Waals surface area contributed by atoms with Crippen molar-refractivity contribution in [1.82, 2.24) is 0 Å². The van der Waals surface area contributed by atoms with Crippen molar-refractivity contribution < 1.29 is 4.74 Å². The van der Waals surface area contributed by atoms with Crippen molar-refractivity contribution in [1.29, 1.82) is 0 Å². The van der Waals surface area contributed by atoms with Crippen molar-refractivity contribution in [2.24, 2.45) is 0 Å². The predicted octanol–water partition coefficient (Wildman–Crippen LogP) is 1.41. The van der Waals surface area contributed by atoms with Gasteiger partial charge in [-0.25, -0.2) is 0 Å². The monoisotopic (exact) mass is 146 g/mol. The number of hydrogen-bond donors (Lipinski definition) is 1. The van der Waals surface area contributed by atoms with E-state index in [2.05, 4.69) is 12.6 Å². The summed E-state index contributed by atoms with van der Waals surface area (Å²) in [4.78, 5) is 14.0. The molecule has 0 aromatic carbocycles. The van der Waals surface area contributed by atoms with E-state index in [1.807, 2.05) is 18.2 Å². The lowest BCUT2D eigenvalue weighted by molar-refractivity contribution is 0.259. The van der Waals surface area contributed by atoms with Crippen LogP contribution in [0.5, 0.6) is 0 Å². The van der Waals surface area contributed by atoms with Crippen molar-refractivity contribution in [3.8, 4) is 0 Å². The van der Waals surface area contributed by atoms with E-state index >= 15 is 0 Å². The molecule has 0 aliphatic carbocycles. The van der Waals surface area contributed by atoms with Crippen molar-refractivity contribution in [3.63, 3.8) is 0 Å². The second-order valence-electron chi connectivity index (χ2n) is 1.24. The fourth-order valence-corrected chi connectivity index (χ4v) is 0.545. The zero-order chi connectivity index (χ0) is 7.11. The van der Waals surface area contributed by atoms with Gasteiger partial charge in [0, 0.05) is 9.93 Å². The van der Waals surface area contributed by atoms with E-state index in [0.717, 1.165) is 0 Å². The Kier molecular flexibility index (Phi) is 4.91. The van der Waals surface area contributed by atoms with Gasteiger partial charge in [0.05, 0.1) is 6.26 Å². The van der Waals surface area contributed by atoms with E-state index in [1.54, 1.807) is 6.26 Å². The van der Waals surface area contributed by atoms with Crippen LogP contribution in [0.15, 0.2) is 24.5 Å². The third kappa shape index (κ3) is 3.78. The van der Waals surface area contributed by atoms with E-state index < -0.39 is 0 Å². The summed E-state index contributed by atoms with van der Waals surface area (Å²) in [5.41, 5.74) is -0.0370. The first kappa shape index (κ1) is 8.23. The van der Waals surface area contributed by atoms with Gasteiger partial charge in [-0.05, 0) is 12.2 Å². The summed E-state index contributed by atoms with van der Waals surface area (Å²) in [5, 5.41) is 0. The average molecular weight is 146 g/mol. The Hall–Kier alpha value is -0.770. The van der Waals surface area contributed by atoms with Gasteiger partial charge in [-0.15, -0.1) is 12.6 Å². The maximum absolute atomic E-state index is 7.00. The third-order valence-electron chi connectivity index (χ3n) is 0.683. The second-order valence-corrected chi connectivity index (χ2v) is 1.75. The average Bonchev–Trinajstić information content (AvgIpc) is 1.94. The first-order chi connectivity index (χ1) is 4.39. The summed E-state index contributed by atoms with van der Waals surface area (Å²) in [7, 11) is 0. The summed E-state index contributed by atoms with van der Waals surface area (Å²) >= 11 is 4.00. The molecule has 0 aromatic heterocycles. The Bertz CT molecular complexity index is 121. The van der Waals surface area contributed by atoms with Crippen molar-refractivity contribution >= 4 is 12.6 Å². The molecule has 0 saturated carbocycles. The maximum atomic E-state index is 7.00. The molecular formula is C5H6O3S. The Morgan fingerprint density at radius 3 is 2.22 bits per heavy atom. The molecule has 1 aliphatic heterocycles. The molecule has 1 aliphatic rings. The van der Waals surface area contributed by atoms with Crippen molar-refractivity contribution in [2.75, 3.05) is 0 Å². The molecule has 0 saturated heterocycles. The molecule has 1 heterocycles. The molecule has 0 amide bonds. The first-order valence-corrected chi connectivity index (χ1v) is 2.75. The molecule has 9 heavy (non-hydrogen) atoms. The van der Waals surface area contributed by atoms with E-state index in [-0.39, 0.29) is 5.44 Å². The SMILES string of the molecule is O=O.SC1C=CC=CO1. The van der Waals surface area contributed by atoms with Gasteiger partial charge < -0.3 is 4.74 Å². The van der Waals surface area contributed by atoms with Crippen LogP contribution in [0.4, 0.5) is 0 Å². The highest BCUT2D eigenvalue weighted by Crippen LogP contribution is 2.03. The summed E-state index contributed by atoms with van der Waals surface area (Å²) in [6, 6.07) is 0. The minimum Gasteiger partial charge on any atom is -0.483 e. The summed E-state index contributed by atoms with van der Waals surface area (Å²) in [5.74, 6) is 0. The normalized spacial score (nSPS) is 21.7. The summed E-state index contributed by atoms with van der Waals surface area (Å²) < 4.78 is 4.87. The van der Waals surface area contributed by atoms with Crippen LogP contribution < -0.4 is 0 Å². The Morgan fingerprint density at radius 2 is 2.00 bits per heavy atom. The van der Waals surface area contributed by atoms with Crippen LogP contribution in [0.1, 0.15) is 0 Å². The molecule has 50 valence electrons. The van der Waals surface area contributed by atoms with Crippen LogP contribution in [0, 0.1) is 9.93 Å². The number of rotatable bonds is 0. The molecule has 0 aromatic rings. The number of thiol groups is 1. The summed E-state index contributed by atoms with van der Waals surface area (Å²) in [6.45, 7) is 0. The fourth-order valence-electron chi connectivity index (χ4n) is 0.376. The number of allylic oxidation sites excluding steroid dienone is 2. The molecule has 3 nitrogen and oxygen atoms in total. The van der Waals surface area contributed by atoms with E-state index in [1.165, 1.54) is 0 Å². The molecule has 0 spiro atoms. The highest BCUT2D eigenvalue weighted by Gasteiger charge is 1.93. The Labute approximate surface area is 58.0 Å². The van der Waals surface area contributed by atoms with Gasteiger partial charge in [-0.1, -0.05) is 6.08 Å². The van der Waals surface area contributed by atoms with Gasteiger partial charge in [0.25, 0.3) is 0 Å². The van der Waals surface area contributed by atoms with Crippen molar-refractivity contribution in [3.05, 3.63) is 34.4 Å². The summed E-state index contributed by atoms with van der Waals surface area (Å²) in [6.07, 6.45) is 7.22. The molecule has 0 fully saturated rings. The van der Waals surface area contributed by atoms with E-state index in [9.17, 15) is 0 Å². The van der Waals surface area contributed by atoms with Crippen LogP contribution in [0.3, 0.4) is 0 Å². The Balaban J connectivity index is 0.000000291. The third-order valence-corrected chi connectivity index (χ3v) is 0.977. The quantitative estimate of drug-likeness (QED) is 0.525. The topological polar surface area (TPSA) is 43.4 Å². The van der Waals surface area contributed by atoms with Gasteiger partial charge in [-0.3, -0.25) is 0 Å². The highest BCUT2D eigenvalue weighted by molar-refractivity contribution is 7.80. The van der Waals surface area contributed by atoms with Crippen LogP contribution in [-0.2, 0) is 4.74 Å². The van der Waals surface area contributed by atoms with Crippen molar-refractivity contribution in [2.45, 2.75) is 5.44 Å². The minimum atomic E-state index is -0.0370.